The van der Waals surface area contributed by atoms with Crippen molar-refractivity contribution < 1.29 is 9.53 Å². The van der Waals surface area contributed by atoms with Crippen LogP contribution in [0.3, 0.4) is 0 Å². The van der Waals surface area contributed by atoms with Crippen LogP contribution < -0.4 is 10.9 Å². The highest BCUT2D eigenvalue weighted by atomic mass is 32.2. The molecule has 0 saturated carbocycles. The van der Waals surface area contributed by atoms with Gasteiger partial charge in [-0.3, -0.25) is 9.78 Å². The summed E-state index contributed by atoms with van der Waals surface area (Å²) in [6, 6.07) is 13.5. The van der Waals surface area contributed by atoms with E-state index in [0.29, 0.717) is 33.6 Å². The van der Waals surface area contributed by atoms with Gasteiger partial charge in [0.15, 0.2) is 5.16 Å². The summed E-state index contributed by atoms with van der Waals surface area (Å²) < 4.78 is 4.99. The van der Waals surface area contributed by atoms with Crippen LogP contribution in [0.1, 0.15) is 29.5 Å². The summed E-state index contributed by atoms with van der Waals surface area (Å²) in [6.45, 7) is 1.78. The van der Waals surface area contributed by atoms with E-state index in [1.807, 2.05) is 30.3 Å². The van der Waals surface area contributed by atoms with Crippen molar-refractivity contribution in [3.8, 4) is 0 Å². The van der Waals surface area contributed by atoms with Crippen LogP contribution in [0.25, 0.3) is 0 Å². The summed E-state index contributed by atoms with van der Waals surface area (Å²) in [5.74, 6) is 0.0373. The molecular weight excluding hydrogens is 400 g/mol. The average molecular weight is 420 g/mol. The molecule has 1 atom stereocenters. The number of allylic oxidation sites excluding steroid dienone is 1. The second kappa shape index (κ2) is 8.54. The van der Waals surface area contributed by atoms with E-state index < -0.39 is 11.9 Å². The number of carbonyl (C=O) groups excluding carboxylic acids is 1. The minimum absolute atomic E-state index is 0.293. The molecule has 3 aromatic rings. The van der Waals surface area contributed by atoms with Crippen molar-refractivity contribution in [2.75, 3.05) is 12.4 Å². The zero-order chi connectivity index (χ0) is 21.1. The van der Waals surface area contributed by atoms with Gasteiger partial charge in [0.2, 0.25) is 0 Å². The van der Waals surface area contributed by atoms with Crippen LogP contribution in [0.5, 0.6) is 0 Å². The number of rotatable bonds is 5. The number of hydrogen-bond donors (Lipinski definition) is 2. The quantitative estimate of drug-likeness (QED) is 0.371. The van der Waals surface area contributed by atoms with Crippen molar-refractivity contribution in [3.05, 3.63) is 93.2 Å². The Hall–Kier alpha value is -3.39. The second-order valence-corrected chi connectivity index (χ2v) is 7.74. The van der Waals surface area contributed by atoms with Gasteiger partial charge >= 0.3 is 5.97 Å². The van der Waals surface area contributed by atoms with Crippen LogP contribution in [-0.2, 0) is 15.3 Å². The first kappa shape index (κ1) is 19.9. The number of carbonyl (C=O) groups is 1. The highest BCUT2D eigenvalue weighted by Gasteiger charge is 2.36. The number of aromatic amines is 1. The molecule has 2 N–H and O–H groups in total. The fourth-order valence-electron chi connectivity index (χ4n) is 3.50. The number of benzene rings is 1. The van der Waals surface area contributed by atoms with Gasteiger partial charge in [0, 0.05) is 23.8 Å². The molecule has 0 unspecified atom stereocenters. The predicted molar refractivity (Wildman–Crippen MR) is 115 cm³/mol. The molecule has 8 heteroatoms. The number of methoxy groups -OCH3 is 1. The molecule has 0 saturated heterocycles. The molecule has 4 rings (SSSR count). The van der Waals surface area contributed by atoms with E-state index in [0.717, 1.165) is 11.1 Å². The van der Waals surface area contributed by atoms with E-state index >= 15 is 0 Å². The molecule has 3 heterocycles. The van der Waals surface area contributed by atoms with Crippen LogP contribution in [0.4, 0.5) is 5.82 Å². The topological polar surface area (TPSA) is 97.0 Å². The van der Waals surface area contributed by atoms with Crippen molar-refractivity contribution in [1.29, 1.82) is 0 Å². The average Bonchev–Trinajstić information content (AvgIpc) is 2.77. The molecule has 0 radical (unpaired) electrons. The Balaban J connectivity index is 1.76. The minimum atomic E-state index is -0.596. The first-order chi connectivity index (χ1) is 14.6. The first-order valence-corrected chi connectivity index (χ1v) is 10.3. The highest BCUT2D eigenvalue weighted by Crippen LogP contribution is 2.39. The van der Waals surface area contributed by atoms with Crippen LogP contribution in [0.2, 0.25) is 0 Å². The van der Waals surface area contributed by atoms with Gasteiger partial charge in [0.25, 0.3) is 5.56 Å². The Morgan fingerprint density at radius 1 is 1.17 bits per heavy atom. The van der Waals surface area contributed by atoms with E-state index in [1.165, 1.54) is 18.9 Å². The maximum Gasteiger partial charge on any atom is 0.336 e. The lowest BCUT2D eigenvalue weighted by Crippen LogP contribution is -2.31. The maximum absolute atomic E-state index is 13.1. The predicted octanol–water partition coefficient (Wildman–Crippen LogP) is 3.46. The molecule has 1 aromatic carbocycles. The first-order valence-electron chi connectivity index (χ1n) is 9.35. The molecule has 0 bridgehead atoms. The van der Waals surface area contributed by atoms with Gasteiger partial charge < -0.3 is 15.0 Å². The van der Waals surface area contributed by atoms with Gasteiger partial charge in [-0.2, -0.15) is 0 Å². The number of hydrogen-bond acceptors (Lipinski definition) is 7. The number of ether oxygens (including phenoxy) is 1. The largest absolute Gasteiger partial charge is 0.466 e. The van der Waals surface area contributed by atoms with E-state index in [9.17, 15) is 9.59 Å². The van der Waals surface area contributed by atoms with E-state index in [4.69, 9.17) is 4.74 Å². The lowest BCUT2D eigenvalue weighted by atomic mass is 9.83. The number of nitrogens with one attached hydrogen (secondary N) is 2. The molecule has 0 fully saturated rings. The normalized spacial score (nSPS) is 15.3. The van der Waals surface area contributed by atoms with Gasteiger partial charge in [-0.1, -0.05) is 42.1 Å². The summed E-state index contributed by atoms with van der Waals surface area (Å²) in [5, 5.41) is 3.63. The monoisotopic (exact) mass is 420 g/mol. The zero-order valence-electron chi connectivity index (χ0n) is 16.5. The molecule has 1 aliphatic heterocycles. The van der Waals surface area contributed by atoms with Crippen LogP contribution >= 0.6 is 11.8 Å². The molecule has 152 valence electrons. The molecular formula is C22H20N4O3S. The molecule has 0 aliphatic carbocycles. The number of H-pyrrole nitrogens is 1. The van der Waals surface area contributed by atoms with Crippen LogP contribution in [-0.4, -0.2) is 28.0 Å². The smallest absolute Gasteiger partial charge is 0.336 e. The van der Waals surface area contributed by atoms with Crippen molar-refractivity contribution in [1.82, 2.24) is 15.0 Å². The Bertz CT molecular complexity index is 1160. The Labute approximate surface area is 177 Å². The van der Waals surface area contributed by atoms with Crippen molar-refractivity contribution in [2.24, 2.45) is 0 Å². The number of pyridine rings is 1. The Kier molecular flexibility index (Phi) is 5.67. The number of fused-ring (bicyclic) bond motifs is 1. The summed E-state index contributed by atoms with van der Waals surface area (Å²) in [6.07, 6.45) is 3.26. The number of nitrogens with zero attached hydrogens (tertiary/aromatic N) is 2. The molecule has 7 nitrogen and oxygen atoms in total. The maximum atomic E-state index is 13.1. The van der Waals surface area contributed by atoms with Gasteiger partial charge in [-0.25, -0.2) is 9.78 Å². The second-order valence-electron chi connectivity index (χ2n) is 6.78. The number of anilines is 1. The highest BCUT2D eigenvalue weighted by molar-refractivity contribution is 7.98. The fraction of sp³-hybridized carbons (Fsp3) is 0.182. The summed E-state index contributed by atoms with van der Waals surface area (Å²) >= 11 is 1.45. The van der Waals surface area contributed by atoms with E-state index in [2.05, 4.69) is 20.3 Å². The van der Waals surface area contributed by atoms with Gasteiger partial charge in [0.05, 0.1) is 24.2 Å². The SMILES string of the molecule is COC(=O)C1=C(C)Nc2nc(SCc3ccccc3)[nH]c(=O)c2[C@@H]1c1ccncc1. The Morgan fingerprint density at radius 2 is 1.90 bits per heavy atom. The van der Waals surface area contributed by atoms with Gasteiger partial charge in [-0.05, 0) is 30.2 Å². The van der Waals surface area contributed by atoms with Crippen molar-refractivity contribution in [2.45, 2.75) is 23.8 Å². The van der Waals surface area contributed by atoms with E-state index in [1.54, 1.807) is 31.5 Å². The third-order valence-electron chi connectivity index (χ3n) is 4.88. The number of aromatic nitrogens is 3. The third kappa shape index (κ3) is 3.86. The molecule has 1 aliphatic rings. The summed E-state index contributed by atoms with van der Waals surface area (Å²) in [7, 11) is 1.33. The van der Waals surface area contributed by atoms with E-state index in [-0.39, 0.29) is 5.56 Å². The van der Waals surface area contributed by atoms with Crippen LogP contribution in [0.15, 0.2) is 76.1 Å². The summed E-state index contributed by atoms with van der Waals surface area (Å²) in [4.78, 5) is 37.2. The molecule has 30 heavy (non-hydrogen) atoms. The summed E-state index contributed by atoms with van der Waals surface area (Å²) in [5.41, 5.74) is 2.98. The van der Waals surface area contributed by atoms with Crippen LogP contribution in [0, 0.1) is 0 Å². The number of thioether (sulfide) groups is 1. The molecule has 2 aromatic heterocycles. The Morgan fingerprint density at radius 3 is 2.60 bits per heavy atom. The zero-order valence-corrected chi connectivity index (χ0v) is 17.3. The number of esters is 1. The van der Waals surface area contributed by atoms with Gasteiger partial charge in [0.1, 0.15) is 5.82 Å². The fourth-order valence-corrected chi connectivity index (χ4v) is 4.31. The van der Waals surface area contributed by atoms with Crippen molar-refractivity contribution >= 4 is 23.5 Å². The van der Waals surface area contributed by atoms with Gasteiger partial charge in [-0.15, -0.1) is 0 Å². The minimum Gasteiger partial charge on any atom is -0.466 e. The molecule has 0 spiro atoms. The molecule has 0 amide bonds. The lowest BCUT2D eigenvalue weighted by molar-refractivity contribution is -0.136. The lowest BCUT2D eigenvalue weighted by Gasteiger charge is -2.28. The van der Waals surface area contributed by atoms with Crippen molar-refractivity contribution in [3.63, 3.8) is 0 Å². The third-order valence-corrected chi connectivity index (χ3v) is 5.83. The standard InChI is InChI=1S/C22H20N4O3S/c1-13-16(21(28)29-2)17(15-8-10-23-11-9-15)18-19(24-13)25-22(26-20(18)27)30-12-14-6-4-3-5-7-14/h3-11,17H,12H2,1-2H3,(H2,24,25,26,27)/t17-/m1/s1.